The van der Waals surface area contributed by atoms with Crippen molar-refractivity contribution in [3.8, 4) is 0 Å². The second kappa shape index (κ2) is 6.74. The monoisotopic (exact) mass is 457 g/mol. The van der Waals surface area contributed by atoms with Crippen molar-refractivity contribution in [2.75, 3.05) is 18.4 Å². The number of halogens is 3. The summed E-state index contributed by atoms with van der Waals surface area (Å²) >= 11 is 11.6. The lowest BCUT2D eigenvalue weighted by Gasteiger charge is -2.36. The van der Waals surface area contributed by atoms with E-state index in [4.69, 9.17) is 16.3 Å². The molecule has 0 radical (unpaired) electrons. The molecule has 0 aliphatic carbocycles. The third-order valence-corrected chi connectivity index (χ3v) is 4.84. The molecular weight excluding hydrogens is 444 g/mol. The Hall–Kier alpha value is 0.150. The van der Waals surface area contributed by atoms with E-state index in [1.807, 2.05) is 17.9 Å². The van der Waals surface area contributed by atoms with E-state index in [9.17, 15) is 4.79 Å². The molecule has 1 aliphatic rings. The van der Waals surface area contributed by atoms with Crippen LogP contribution in [-0.2, 0) is 4.74 Å². The molecule has 0 N–H and O–H groups in total. The number of morpholine rings is 1. The molecule has 0 aromatic heterocycles. The van der Waals surface area contributed by atoms with Gasteiger partial charge in [0.15, 0.2) is 0 Å². The number of amides is 1. The number of alkyl halides is 1. The van der Waals surface area contributed by atoms with E-state index >= 15 is 0 Å². The number of benzene rings is 1. The highest BCUT2D eigenvalue weighted by Crippen LogP contribution is 2.22. The highest BCUT2D eigenvalue weighted by atomic mass is 127. The Bertz CT molecular complexity index is 486. The van der Waals surface area contributed by atoms with E-state index in [0.29, 0.717) is 23.7 Å². The van der Waals surface area contributed by atoms with Crippen molar-refractivity contribution in [1.82, 2.24) is 4.90 Å². The Morgan fingerprint density at radius 2 is 2.32 bits per heavy atom. The summed E-state index contributed by atoms with van der Waals surface area (Å²) in [5, 5.41) is 1.32. The first-order chi connectivity index (χ1) is 9.01. The van der Waals surface area contributed by atoms with Crippen LogP contribution in [-0.4, -0.2) is 41.4 Å². The maximum absolute atomic E-state index is 12.6. The fourth-order valence-corrected chi connectivity index (χ4v) is 3.22. The number of hydrogen-bond donors (Lipinski definition) is 0. The van der Waals surface area contributed by atoms with Gasteiger partial charge in [0, 0.05) is 27.0 Å². The van der Waals surface area contributed by atoms with Crippen molar-refractivity contribution in [3.05, 3.63) is 32.4 Å². The molecule has 0 spiro atoms. The summed E-state index contributed by atoms with van der Waals surface area (Å²) in [7, 11) is 0. The van der Waals surface area contributed by atoms with Crippen LogP contribution in [0.5, 0.6) is 0 Å². The molecule has 1 aromatic rings. The molecule has 104 valence electrons. The number of rotatable bonds is 2. The number of hydrogen-bond acceptors (Lipinski definition) is 2. The van der Waals surface area contributed by atoms with Gasteiger partial charge in [0.2, 0.25) is 0 Å². The van der Waals surface area contributed by atoms with Crippen LogP contribution in [0.15, 0.2) is 18.2 Å². The highest BCUT2D eigenvalue weighted by molar-refractivity contribution is 14.1. The molecule has 19 heavy (non-hydrogen) atoms. The van der Waals surface area contributed by atoms with Crippen molar-refractivity contribution < 1.29 is 9.53 Å². The Kier molecular flexibility index (Phi) is 5.51. The van der Waals surface area contributed by atoms with Crippen molar-refractivity contribution >= 4 is 56.0 Å². The number of carbonyl (C=O) groups excluding carboxylic acids is 1. The predicted octanol–water partition coefficient (Wildman–Crippen LogP) is 3.57. The molecule has 1 aromatic carbocycles. The van der Waals surface area contributed by atoms with Crippen LogP contribution in [0.25, 0.3) is 0 Å². The van der Waals surface area contributed by atoms with Crippen LogP contribution >= 0.6 is 50.1 Å². The van der Waals surface area contributed by atoms with Crippen LogP contribution in [0.1, 0.15) is 17.3 Å². The van der Waals surface area contributed by atoms with Crippen LogP contribution in [0.2, 0.25) is 5.02 Å². The van der Waals surface area contributed by atoms with Gasteiger partial charge in [-0.25, -0.2) is 0 Å². The van der Waals surface area contributed by atoms with Gasteiger partial charge in [0.1, 0.15) is 0 Å². The molecule has 6 heteroatoms. The summed E-state index contributed by atoms with van der Waals surface area (Å²) < 4.78 is 6.66. The summed E-state index contributed by atoms with van der Waals surface area (Å²) in [5.41, 5.74) is 0.663. The third-order valence-electron chi connectivity index (χ3n) is 2.94. The highest BCUT2D eigenvalue weighted by Gasteiger charge is 2.29. The van der Waals surface area contributed by atoms with Crippen LogP contribution in [0.3, 0.4) is 0 Å². The summed E-state index contributed by atoms with van der Waals surface area (Å²) in [6.45, 7) is 3.21. The molecule has 2 rings (SSSR count). The zero-order chi connectivity index (χ0) is 14.0. The van der Waals surface area contributed by atoms with Gasteiger partial charge in [-0.1, -0.05) is 27.5 Å². The average molecular weight is 459 g/mol. The lowest BCUT2D eigenvalue weighted by molar-refractivity contribution is -0.0559. The number of ether oxygens (including phenoxy) is 1. The SMILES string of the molecule is CC1CN(C(=O)c2cc(Cl)ccc2I)CC(CBr)O1. The first-order valence-electron chi connectivity index (χ1n) is 5.97. The molecule has 0 saturated carbocycles. The van der Waals surface area contributed by atoms with E-state index in [1.165, 1.54) is 0 Å². The molecule has 2 unspecified atom stereocenters. The van der Waals surface area contributed by atoms with Crippen LogP contribution < -0.4 is 0 Å². The maximum atomic E-state index is 12.6. The van der Waals surface area contributed by atoms with Crippen molar-refractivity contribution in [2.45, 2.75) is 19.1 Å². The summed E-state index contributed by atoms with van der Waals surface area (Å²) in [6, 6.07) is 5.39. The smallest absolute Gasteiger partial charge is 0.255 e. The van der Waals surface area contributed by atoms with Gasteiger partial charge in [-0.05, 0) is 47.7 Å². The van der Waals surface area contributed by atoms with Gasteiger partial charge in [-0.3, -0.25) is 4.79 Å². The van der Waals surface area contributed by atoms with Crippen molar-refractivity contribution in [3.63, 3.8) is 0 Å². The molecule has 1 aliphatic heterocycles. The first kappa shape index (κ1) is 15.5. The Balaban J connectivity index is 2.21. The first-order valence-corrected chi connectivity index (χ1v) is 8.55. The lowest BCUT2D eigenvalue weighted by atomic mass is 10.1. The normalized spacial score (nSPS) is 23.5. The molecule has 1 heterocycles. The van der Waals surface area contributed by atoms with Gasteiger partial charge < -0.3 is 9.64 Å². The van der Waals surface area contributed by atoms with Gasteiger partial charge in [-0.15, -0.1) is 0 Å². The third kappa shape index (κ3) is 3.83. The molecular formula is C13H14BrClINO2. The summed E-state index contributed by atoms with van der Waals surface area (Å²) in [6.07, 6.45) is 0.0987. The summed E-state index contributed by atoms with van der Waals surface area (Å²) in [4.78, 5) is 14.4. The fraction of sp³-hybridized carbons (Fsp3) is 0.462. The topological polar surface area (TPSA) is 29.5 Å². The molecule has 1 saturated heterocycles. The van der Waals surface area contributed by atoms with Gasteiger partial charge in [0.05, 0.1) is 17.8 Å². The summed E-state index contributed by atoms with van der Waals surface area (Å²) in [5.74, 6) is 0.0213. The minimum atomic E-state index is 0.0213. The largest absolute Gasteiger partial charge is 0.371 e. The Morgan fingerprint density at radius 1 is 1.58 bits per heavy atom. The number of nitrogens with zero attached hydrogens (tertiary/aromatic N) is 1. The minimum absolute atomic E-state index is 0.0213. The second-order valence-corrected chi connectivity index (χ2v) is 6.80. The van der Waals surface area contributed by atoms with Crippen LogP contribution in [0.4, 0.5) is 0 Å². The molecule has 0 bridgehead atoms. The van der Waals surface area contributed by atoms with E-state index in [2.05, 4.69) is 38.5 Å². The van der Waals surface area contributed by atoms with Crippen molar-refractivity contribution in [1.29, 1.82) is 0 Å². The molecule has 3 nitrogen and oxygen atoms in total. The maximum Gasteiger partial charge on any atom is 0.255 e. The zero-order valence-corrected chi connectivity index (χ0v) is 14.9. The van der Waals surface area contributed by atoms with E-state index in [0.717, 1.165) is 8.90 Å². The number of carbonyl (C=O) groups is 1. The molecule has 1 fully saturated rings. The lowest BCUT2D eigenvalue weighted by Crippen LogP contribution is -2.49. The predicted molar refractivity (Wildman–Crippen MR) is 88.2 cm³/mol. The zero-order valence-electron chi connectivity index (χ0n) is 10.4. The minimum Gasteiger partial charge on any atom is -0.371 e. The van der Waals surface area contributed by atoms with Crippen molar-refractivity contribution in [2.24, 2.45) is 0 Å². The van der Waals surface area contributed by atoms with E-state index in [1.54, 1.807) is 12.1 Å². The average Bonchev–Trinajstić information content (AvgIpc) is 2.40. The van der Waals surface area contributed by atoms with Gasteiger partial charge >= 0.3 is 0 Å². The standard InChI is InChI=1S/C13H14BrClINO2/c1-8-6-17(7-10(5-14)19-8)13(18)11-4-9(15)2-3-12(11)16/h2-4,8,10H,5-7H2,1H3. The molecule has 1 amide bonds. The van der Waals surface area contributed by atoms with E-state index < -0.39 is 0 Å². The van der Waals surface area contributed by atoms with Gasteiger partial charge in [-0.2, -0.15) is 0 Å². The van der Waals surface area contributed by atoms with E-state index in [-0.39, 0.29) is 18.1 Å². The Labute approximate surface area is 139 Å². The molecule has 2 atom stereocenters. The second-order valence-electron chi connectivity index (χ2n) is 4.56. The quantitative estimate of drug-likeness (QED) is 0.501. The Morgan fingerprint density at radius 3 is 3.00 bits per heavy atom. The fourth-order valence-electron chi connectivity index (χ4n) is 2.13. The van der Waals surface area contributed by atoms with Crippen LogP contribution in [0, 0.1) is 3.57 Å². The van der Waals surface area contributed by atoms with Gasteiger partial charge in [0.25, 0.3) is 5.91 Å².